The van der Waals surface area contributed by atoms with Gasteiger partial charge in [0.25, 0.3) is 0 Å². The molecule has 0 bridgehead atoms. The van der Waals surface area contributed by atoms with Gasteiger partial charge in [-0.1, -0.05) is 6.07 Å². The number of aromatic nitrogens is 1. The highest BCUT2D eigenvalue weighted by molar-refractivity contribution is 5.78. The summed E-state index contributed by atoms with van der Waals surface area (Å²) in [5.41, 5.74) is 0.893. The summed E-state index contributed by atoms with van der Waals surface area (Å²) in [6, 6.07) is 5.69. The highest BCUT2D eigenvalue weighted by atomic mass is 16.3. The number of hydrogen-bond acceptors (Lipinski definition) is 4. The third kappa shape index (κ3) is 3.60. The van der Waals surface area contributed by atoms with Crippen molar-refractivity contribution in [3.63, 3.8) is 0 Å². The van der Waals surface area contributed by atoms with Crippen molar-refractivity contribution in [1.82, 2.24) is 15.2 Å². The van der Waals surface area contributed by atoms with Gasteiger partial charge in [-0.2, -0.15) is 0 Å². The average Bonchev–Trinajstić information content (AvgIpc) is 2.95. The van der Waals surface area contributed by atoms with Gasteiger partial charge in [0.15, 0.2) is 0 Å². The summed E-state index contributed by atoms with van der Waals surface area (Å²) in [6.45, 7) is 2.51. The van der Waals surface area contributed by atoms with Gasteiger partial charge in [0, 0.05) is 6.20 Å². The van der Waals surface area contributed by atoms with Crippen LogP contribution >= 0.6 is 0 Å². The SMILES string of the molecule is O=C(CN1CCCC1)N[C@H](c1ccccn1)C1CC(O)C1. The van der Waals surface area contributed by atoms with E-state index >= 15 is 0 Å². The van der Waals surface area contributed by atoms with Crippen LogP contribution in [-0.2, 0) is 4.79 Å². The molecule has 0 spiro atoms. The number of rotatable bonds is 5. The second kappa shape index (κ2) is 6.54. The number of nitrogens with one attached hydrogen (secondary N) is 1. The number of pyridine rings is 1. The van der Waals surface area contributed by atoms with Gasteiger partial charge >= 0.3 is 0 Å². The summed E-state index contributed by atoms with van der Waals surface area (Å²) in [6.07, 6.45) is 5.38. The molecule has 1 amide bonds. The van der Waals surface area contributed by atoms with E-state index < -0.39 is 0 Å². The first-order valence-electron chi connectivity index (χ1n) is 7.83. The van der Waals surface area contributed by atoms with Crippen molar-refractivity contribution in [2.45, 2.75) is 37.8 Å². The van der Waals surface area contributed by atoms with E-state index in [2.05, 4.69) is 15.2 Å². The molecule has 0 radical (unpaired) electrons. The predicted octanol–water partition coefficient (Wildman–Crippen LogP) is 1.11. The molecule has 2 N–H and O–H groups in total. The molecule has 0 unspecified atom stereocenters. The lowest BCUT2D eigenvalue weighted by Crippen LogP contribution is -2.44. The van der Waals surface area contributed by atoms with Crippen molar-refractivity contribution >= 4 is 5.91 Å². The van der Waals surface area contributed by atoms with Crippen molar-refractivity contribution in [3.05, 3.63) is 30.1 Å². The highest BCUT2D eigenvalue weighted by Gasteiger charge is 2.36. The first-order chi connectivity index (χ1) is 10.2. The normalized spacial score (nSPS) is 27.1. The van der Waals surface area contributed by atoms with E-state index in [4.69, 9.17) is 0 Å². The summed E-state index contributed by atoms with van der Waals surface area (Å²) in [7, 11) is 0. The van der Waals surface area contributed by atoms with Gasteiger partial charge < -0.3 is 10.4 Å². The quantitative estimate of drug-likeness (QED) is 0.852. The molecule has 1 aromatic heterocycles. The number of carbonyl (C=O) groups is 1. The van der Waals surface area contributed by atoms with Crippen LogP contribution in [0.2, 0.25) is 0 Å². The first kappa shape index (κ1) is 14.5. The second-order valence-corrected chi connectivity index (χ2v) is 6.17. The maximum atomic E-state index is 12.3. The summed E-state index contributed by atoms with van der Waals surface area (Å²) < 4.78 is 0. The fourth-order valence-electron chi connectivity index (χ4n) is 3.26. The van der Waals surface area contributed by atoms with E-state index in [1.54, 1.807) is 6.20 Å². The van der Waals surface area contributed by atoms with E-state index in [1.165, 1.54) is 12.8 Å². The lowest BCUT2D eigenvalue weighted by atomic mass is 9.76. The predicted molar refractivity (Wildman–Crippen MR) is 79.5 cm³/mol. The Morgan fingerprint density at radius 3 is 2.76 bits per heavy atom. The molecule has 1 atom stereocenters. The molecule has 2 aliphatic rings. The zero-order valence-corrected chi connectivity index (χ0v) is 12.2. The molecular weight excluding hydrogens is 266 g/mol. The zero-order valence-electron chi connectivity index (χ0n) is 12.2. The Hall–Kier alpha value is -1.46. The van der Waals surface area contributed by atoms with Gasteiger partial charge in [-0.3, -0.25) is 14.7 Å². The molecule has 2 heterocycles. The van der Waals surface area contributed by atoms with Gasteiger partial charge in [0.05, 0.1) is 24.4 Å². The topological polar surface area (TPSA) is 65.5 Å². The number of hydrogen-bond donors (Lipinski definition) is 2. The Morgan fingerprint density at radius 2 is 2.14 bits per heavy atom. The van der Waals surface area contributed by atoms with Gasteiger partial charge in [0.2, 0.25) is 5.91 Å². The zero-order chi connectivity index (χ0) is 14.7. The Labute approximate surface area is 125 Å². The van der Waals surface area contributed by atoms with E-state index in [1.807, 2.05) is 18.2 Å². The number of amides is 1. The van der Waals surface area contributed by atoms with Crippen LogP contribution in [-0.4, -0.2) is 46.6 Å². The fraction of sp³-hybridized carbons (Fsp3) is 0.625. The molecule has 21 heavy (non-hydrogen) atoms. The molecule has 1 aromatic rings. The summed E-state index contributed by atoms with van der Waals surface area (Å²) in [5, 5.41) is 12.7. The molecule has 3 rings (SSSR count). The van der Waals surface area contributed by atoms with E-state index in [9.17, 15) is 9.90 Å². The van der Waals surface area contributed by atoms with E-state index in [0.29, 0.717) is 6.54 Å². The Morgan fingerprint density at radius 1 is 1.38 bits per heavy atom. The van der Waals surface area contributed by atoms with Crippen LogP contribution in [0.15, 0.2) is 24.4 Å². The van der Waals surface area contributed by atoms with Crippen LogP contribution in [0, 0.1) is 5.92 Å². The monoisotopic (exact) mass is 289 g/mol. The van der Waals surface area contributed by atoms with Crippen LogP contribution in [0.4, 0.5) is 0 Å². The Bertz CT molecular complexity index is 468. The van der Waals surface area contributed by atoms with Crippen LogP contribution in [0.25, 0.3) is 0 Å². The smallest absolute Gasteiger partial charge is 0.234 e. The third-order valence-electron chi connectivity index (χ3n) is 4.51. The molecule has 1 aliphatic heterocycles. The lowest BCUT2D eigenvalue weighted by Gasteiger charge is -2.38. The number of aliphatic hydroxyl groups is 1. The van der Waals surface area contributed by atoms with Crippen molar-refractivity contribution in [2.24, 2.45) is 5.92 Å². The number of aliphatic hydroxyl groups excluding tert-OH is 1. The van der Waals surface area contributed by atoms with Crippen molar-refractivity contribution < 1.29 is 9.90 Å². The maximum Gasteiger partial charge on any atom is 0.234 e. The van der Waals surface area contributed by atoms with Crippen LogP contribution in [0.1, 0.15) is 37.4 Å². The molecular formula is C16H23N3O2. The second-order valence-electron chi connectivity index (χ2n) is 6.17. The van der Waals surface area contributed by atoms with Gasteiger partial charge in [-0.15, -0.1) is 0 Å². The first-order valence-corrected chi connectivity index (χ1v) is 7.83. The maximum absolute atomic E-state index is 12.3. The van der Waals surface area contributed by atoms with Gasteiger partial charge in [-0.25, -0.2) is 0 Å². The minimum absolute atomic E-state index is 0.0638. The Balaban J connectivity index is 1.63. The van der Waals surface area contributed by atoms with Gasteiger partial charge in [-0.05, 0) is 56.8 Å². The van der Waals surface area contributed by atoms with Crippen molar-refractivity contribution in [3.8, 4) is 0 Å². The standard InChI is InChI=1S/C16H23N3O2/c20-13-9-12(10-13)16(14-5-1-2-6-17-14)18-15(21)11-19-7-3-4-8-19/h1-2,5-6,12-13,16,20H,3-4,7-11H2,(H,18,21)/t12?,13?,16-/m0/s1. The molecule has 1 saturated carbocycles. The van der Waals surface area contributed by atoms with E-state index in [-0.39, 0.29) is 24.0 Å². The fourth-order valence-corrected chi connectivity index (χ4v) is 3.26. The molecule has 1 saturated heterocycles. The van der Waals surface area contributed by atoms with Gasteiger partial charge in [0.1, 0.15) is 0 Å². The average molecular weight is 289 g/mol. The van der Waals surface area contributed by atoms with Crippen LogP contribution < -0.4 is 5.32 Å². The molecule has 5 nitrogen and oxygen atoms in total. The third-order valence-corrected chi connectivity index (χ3v) is 4.51. The highest BCUT2D eigenvalue weighted by Crippen LogP contribution is 2.37. The summed E-state index contributed by atoms with van der Waals surface area (Å²) in [4.78, 5) is 18.8. The number of carbonyl (C=O) groups excluding carboxylic acids is 1. The minimum Gasteiger partial charge on any atom is -0.393 e. The molecule has 5 heteroatoms. The molecule has 114 valence electrons. The summed E-state index contributed by atoms with van der Waals surface area (Å²) in [5.74, 6) is 0.353. The van der Waals surface area contributed by atoms with Crippen LogP contribution in [0.5, 0.6) is 0 Å². The van der Waals surface area contributed by atoms with Crippen LogP contribution in [0.3, 0.4) is 0 Å². The number of likely N-dealkylation sites (tertiary alicyclic amines) is 1. The largest absolute Gasteiger partial charge is 0.393 e. The van der Waals surface area contributed by atoms with E-state index in [0.717, 1.165) is 31.6 Å². The minimum atomic E-state index is -0.225. The number of nitrogens with zero attached hydrogens (tertiary/aromatic N) is 2. The molecule has 2 fully saturated rings. The molecule has 0 aromatic carbocycles. The lowest BCUT2D eigenvalue weighted by molar-refractivity contribution is -0.124. The van der Waals surface area contributed by atoms with Crippen molar-refractivity contribution in [2.75, 3.05) is 19.6 Å². The van der Waals surface area contributed by atoms with Crippen molar-refractivity contribution in [1.29, 1.82) is 0 Å². The Kier molecular flexibility index (Phi) is 4.51. The summed E-state index contributed by atoms with van der Waals surface area (Å²) >= 11 is 0. The molecule has 1 aliphatic carbocycles.